The summed E-state index contributed by atoms with van der Waals surface area (Å²) in [5, 5.41) is 1.01. The van der Waals surface area contributed by atoms with Gasteiger partial charge in [-0.3, -0.25) is 9.59 Å². The van der Waals surface area contributed by atoms with E-state index in [1.54, 1.807) is 6.07 Å². The molecule has 0 N–H and O–H groups in total. The molecule has 0 saturated carbocycles. The van der Waals surface area contributed by atoms with E-state index in [1.165, 1.54) is 5.56 Å². The molecule has 0 unspecified atom stereocenters. The van der Waals surface area contributed by atoms with E-state index < -0.39 is 0 Å². The first-order valence-electron chi connectivity index (χ1n) is 11.9. The van der Waals surface area contributed by atoms with Crippen LogP contribution in [0.2, 0.25) is 0 Å². The van der Waals surface area contributed by atoms with Crippen molar-refractivity contribution in [1.29, 1.82) is 0 Å². The minimum absolute atomic E-state index is 0.00199. The second-order valence-electron chi connectivity index (χ2n) is 9.40. The molecule has 0 aliphatic carbocycles. The molecule has 6 nitrogen and oxygen atoms in total. The van der Waals surface area contributed by atoms with Crippen LogP contribution in [-0.2, 0) is 17.9 Å². The first kappa shape index (κ1) is 20.8. The SMILES string of the molecule is O=C(COc1cccc2c1ccn2Cc1ccccc1)N1C[C@H]2C[C@@H](C1)c1cccc(=O)n1C2. The number of fused-ring (bicyclic) bond motifs is 5. The average Bonchev–Trinajstić information content (AvgIpc) is 3.27. The second-order valence-corrected chi connectivity index (χ2v) is 9.40. The molecule has 172 valence electrons. The van der Waals surface area contributed by atoms with Gasteiger partial charge in [0.2, 0.25) is 0 Å². The Labute approximate surface area is 198 Å². The van der Waals surface area contributed by atoms with Crippen LogP contribution in [0, 0.1) is 5.92 Å². The van der Waals surface area contributed by atoms with E-state index in [0.717, 1.165) is 35.3 Å². The minimum atomic E-state index is 0.00199. The Bertz CT molecular complexity index is 1410. The van der Waals surface area contributed by atoms with Crippen molar-refractivity contribution < 1.29 is 9.53 Å². The maximum Gasteiger partial charge on any atom is 0.260 e. The molecule has 6 rings (SSSR count). The Hall–Kier alpha value is -3.80. The number of ether oxygens (including phenoxy) is 1. The number of hydrogen-bond acceptors (Lipinski definition) is 3. The van der Waals surface area contributed by atoms with E-state index in [0.29, 0.717) is 25.6 Å². The first-order valence-corrected chi connectivity index (χ1v) is 11.9. The fourth-order valence-corrected chi connectivity index (χ4v) is 5.57. The van der Waals surface area contributed by atoms with E-state index >= 15 is 0 Å². The molecule has 1 saturated heterocycles. The van der Waals surface area contributed by atoms with Gasteiger partial charge in [-0.25, -0.2) is 0 Å². The summed E-state index contributed by atoms with van der Waals surface area (Å²) in [6.45, 7) is 2.80. The summed E-state index contributed by atoms with van der Waals surface area (Å²) in [5.74, 6) is 1.25. The lowest BCUT2D eigenvalue weighted by Gasteiger charge is -2.42. The monoisotopic (exact) mass is 453 g/mol. The van der Waals surface area contributed by atoms with Crippen molar-refractivity contribution in [3.05, 3.63) is 101 Å². The lowest BCUT2D eigenvalue weighted by Crippen LogP contribution is -2.50. The largest absolute Gasteiger partial charge is 0.483 e. The fraction of sp³-hybridized carbons (Fsp3) is 0.286. The lowest BCUT2D eigenvalue weighted by molar-refractivity contribution is -0.136. The zero-order chi connectivity index (χ0) is 23.1. The van der Waals surface area contributed by atoms with Crippen LogP contribution < -0.4 is 10.3 Å². The molecule has 2 aromatic carbocycles. The number of hydrogen-bond donors (Lipinski definition) is 0. The van der Waals surface area contributed by atoms with Gasteiger partial charge in [-0.05, 0) is 42.2 Å². The van der Waals surface area contributed by atoms with Gasteiger partial charge < -0.3 is 18.8 Å². The van der Waals surface area contributed by atoms with Crippen LogP contribution in [0.1, 0.15) is 23.6 Å². The van der Waals surface area contributed by atoms with Crippen molar-refractivity contribution in [2.75, 3.05) is 19.7 Å². The minimum Gasteiger partial charge on any atom is -0.483 e. The van der Waals surface area contributed by atoms with Gasteiger partial charge in [-0.2, -0.15) is 0 Å². The van der Waals surface area contributed by atoms with E-state index in [2.05, 4.69) is 35.0 Å². The van der Waals surface area contributed by atoms with Gasteiger partial charge in [0.15, 0.2) is 6.61 Å². The predicted octanol–water partition coefficient (Wildman–Crippen LogP) is 3.88. The number of rotatable bonds is 5. The van der Waals surface area contributed by atoms with Gasteiger partial charge >= 0.3 is 0 Å². The number of nitrogens with zero attached hydrogens (tertiary/aromatic N) is 3. The smallest absolute Gasteiger partial charge is 0.260 e. The van der Waals surface area contributed by atoms with Gasteiger partial charge in [0, 0.05) is 55.4 Å². The Morgan fingerprint density at radius 1 is 0.912 bits per heavy atom. The fourth-order valence-electron chi connectivity index (χ4n) is 5.57. The number of amides is 1. The topological polar surface area (TPSA) is 56.5 Å². The van der Waals surface area contributed by atoms with Gasteiger partial charge in [0.05, 0.1) is 5.52 Å². The van der Waals surface area contributed by atoms with Crippen molar-refractivity contribution in [3.63, 3.8) is 0 Å². The van der Waals surface area contributed by atoms with Crippen LogP contribution >= 0.6 is 0 Å². The standard InChI is InChI=1S/C28H27N3O3/c32-27-11-5-8-24-22-14-21(17-31(24)27)16-30(18-22)28(33)19-34-26-10-4-9-25-23(26)12-13-29(25)15-20-6-2-1-3-7-20/h1-13,21-22H,14-19H2/t21-,22+/m1/s1. The molecule has 4 aromatic rings. The summed E-state index contributed by atoms with van der Waals surface area (Å²) >= 11 is 0. The molecule has 2 aliphatic rings. The summed E-state index contributed by atoms with van der Waals surface area (Å²) < 4.78 is 10.1. The van der Waals surface area contributed by atoms with Crippen LogP contribution in [0.15, 0.2) is 83.8 Å². The second kappa shape index (κ2) is 8.52. The summed E-state index contributed by atoms with van der Waals surface area (Å²) in [6.07, 6.45) is 3.10. The number of likely N-dealkylation sites (tertiary alicyclic amines) is 1. The van der Waals surface area contributed by atoms with Crippen molar-refractivity contribution in [2.24, 2.45) is 5.92 Å². The highest BCUT2D eigenvalue weighted by Crippen LogP contribution is 2.35. The number of carbonyl (C=O) groups is 1. The third-order valence-electron chi connectivity index (χ3n) is 7.15. The van der Waals surface area contributed by atoms with Crippen LogP contribution in [0.5, 0.6) is 5.75 Å². The maximum atomic E-state index is 13.1. The van der Waals surface area contributed by atoms with Crippen molar-refractivity contribution >= 4 is 16.8 Å². The zero-order valence-corrected chi connectivity index (χ0v) is 19.0. The molecule has 34 heavy (non-hydrogen) atoms. The molecule has 2 aromatic heterocycles. The number of piperidine rings is 1. The molecule has 0 spiro atoms. The molecular weight excluding hydrogens is 426 g/mol. The Morgan fingerprint density at radius 2 is 1.76 bits per heavy atom. The van der Waals surface area contributed by atoms with Crippen LogP contribution in [0.3, 0.4) is 0 Å². The van der Waals surface area contributed by atoms with Crippen LogP contribution in [0.4, 0.5) is 0 Å². The molecule has 1 amide bonds. The molecule has 1 fully saturated rings. The first-order chi connectivity index (χ1) is 16.7. The molecule has 2 atom stereocenters. The molecule has 2 bridgehead atoms. The quantitative estimate of drug-likeness (QED) is 0.461. The van der Waals surface area contributed by atoms with Gasteiger partial charge in [0.1, 0.15) is 5.75 Å². The van der Waals surface area contributed by atoms with Gasteiger partial charge in [-0.15, -0.1) is 0 Å². The Balaban J connectivity index is 1.16. The number of benzene rings is 2. The zero-order valence-electron chi connectivity index (χ0n) is 19.0. The van der Waals surface area contributed by atoms with Crippen molar-refractivity contribution in [3.8, 4) is 5.75 Å². The van der Waals surface area contributed by atoms with E-state index in [9.17, 15) is 9.59 Å². The summed E-state index contributed by atoms with van der Waals surface area (Å²) in [4.78, 5) is 27.2. The molecule has 2 aliphatic heterocycles. The molecule has 6 heteroatoms. The number of carbonyl (C=O) groups excluding carboxylic acids is 1. The Kier molecular flexibility index (Phi) is 5.21. The van der Waals surface area contributed by atoms with E-state index in [-0.39, 0.29) is 24.0 Å². The third-order valence-corrected chi connectivity index (χ3v) is 7.15. The maximum absolute atomic E-state index is 13.1. The normalized spacial score (nSPS) is 19.1. The molecule has 0 radical (unpaired) electrons. The molecular formula is C28H27N3O3. The third kappa shape index (κ3) is 3.79. The molecule has 4 heterocycles. The highest BCUT2D eigenvalue weighted by atomic mass is 16.5. The van der Waals surface area contributed by atoms with Crippen LogP contribution in [0.25, 0.3) is 10.9 Å². The highest BCUT2D eigenvalue weighted by Gasteiger charge is 2.36. The number of aromatic nitrogens is 2. The Morgan fingerprint density at radius 3 is 2.65 bits per heavy atom. The summed E-state index contributed by atoms with van der Waals surface area (Å²) in [7, 11) is 0. The predicted molar refractivity (Wildman–Crippen MR) is 131 cm³/mol. The highest BCUT2D eigenvalue weighted by molar-refractivity contribution is 5.87. The van der Waals surface area contributed by atoms with Crippen LogP contribution in [-0.4, -0.2) is 39.6 Å². The summed E-state index contributed by atoms with van der Waals surface area (Å²) in [5.41, 5.74) is 3.43. The van der Waals surface area contributed by atoms with Gasteiger partial charge in [0.25, 0.3) is 11.5 Å². The van der Waals surface area contributed by atoms with E-state index in [1.807, 2.05) is 51.9 Å². The van der Waals surface area contributed by atoms with Crippen molar-refractivity contribution in [2.45, 2.75) is 25.4 Å². The summed E-state index contributed by atoms with van der Waals surface area (Å²) in [6, 6.07) is 23.9. The van der Waals surface area contributed by atoms with E-state index in [4.69, 9.17) is 4.74 Å². The number of pyridine rings is 1. The van der Waals surface area contributed by atoms with Crippen molar-refractivity contribution in [1.82, 2.24) is 14.0 Å². The average molecular weight is 454 g/mol. The lowest BCUT2D eigenvalue weighted by atomic mass is 9.83. The van der Waals surface area contributed by atoms with Gasteiger partial charge in [-0.1, -0.05) is 42.5 Å².